The maximum atomic E-state index is 12.1. The smallest absolute Gasteiger partial charge is 0.319 e. The SMILES string of the molecule is O=C1Nc2c(Cl)cc(CC3CNCCO3)cc2C2(CCCCC2)N1. The van der Waals surface area contributed by atoms with Gasteiger partial charge in [-0.25, -0.2) is 4.79 Å². The molecule has 1 atom stereocenters. The highest BCUT2D eigenvalue weighted by Gasteiger charge is 2.41. The summed E-state index contributed by atoms with van der Waals surface area (Å²) in [6.07, 6.45) is 6.48. The first-order valence-electron chi connectivity index (χ1n) is 8.91. The lowest BCUT2D eigenvalue weighted by Crippen LogP contribution is -2.52. The van der Waals surface area contributed by atoms with Crippen LogP contribution < -0.4 is 16.0 Å². The van der Waals surface area contributed by atoms with Gasteiger partial charge in [0.25, 0.3) is 0 Å². The van der Waals surface area contributed by atoms with Crippen molar-refractivity contribution in [2.45, 2.75) is 50.2 Å². The lowest BCUT2D eigenvalue weighted by molar-refractivity contribution is 0.0292. The molecule has 1 spiro atoms. The third-order valence-corrected chi connectivity index (χ3v) is 5.73. The summed E-state index contributed by atoms with van der Waals surface area (Å²) in [5.74, 6) is 0. The highest BCUT2D eigenvalue weighted by atomic mass is 35.5. The largest absolute Gasteiger partial charge is 0.375 e. The van der Waals surface area contributed by atoms with E-state index >= 15 is 0 Å². The molecule has 6 heteroatoms. The average molecular weight is 350 g/mol. The van der Waals surface area contributed by atoms with Gasteiger partial charge in [-0.15, -0.1) is 0 Å². The molecule has 2 heterocycles. The molecule has 0 aromatic heterocycles. The fourth-order valence-electron chi connectivity index (χ4n) is 4.28. The quantitative estimate of drug-likeness (QED) is 0.768. The molecule has 0 bridgehead atoms. The number of ether oxygens (including phenoxy) is 1. The molecule has 1 saturated carbocycles. The van der Waals surface area contributed by atoms with Crippen LogP contribution in [-0.2, 0) is 16.7 Å². The molecular weight excluding hydrogens is 326 g/mol. The number of carbonyl (C=O) groups is 1. The fourth-order valence-corrected chi connectivity index (χ4v) is 4.57. The lowest BCUT2D eigenvalue weighted by Gasteiger charge is -2.43. The van der Waals surface area contributed by atoms with Crippen LogP contribution in [0.3, 0.4) is 0 Å². The van der Waals surface area contributed by atoms with Crippen molar-refractivity contribution in [1.29, 1.82) is 0 Å². The molecule has 2 fully saturated rings. The third-order valence-electron chi connectivity index (χ3n) is 5.43. The van der Waals surface area contributed by atoms with Crippen molar-refractivity contribution in [3.05, 3.63) is 28.3 Å². The lowest BCUT2D eigenvalue weighted by atomic mass is 9.74. The van der Waals surface area contributed by atoms with Gasteiger partial charge in [0.2, 0.25) is 0 Å². The maximum absolute atomic E-state index is 12.1. The van der Waals surface area contributed by atoms with Gasteiger partial charge < -0.3 is 20.7 Å². The summed E-state index contributed by atoms with van der Waals surface area (Å²) in [6, 6.07) is 4.05. The normalized spacial score (nSPS) is 25.7. The van der Waals surface area contributed by atoms with Gasteiger partial charge in [0, 0.05) is 18.7 Å². The average Bonchev–Trinajstić information content (AvgIpc) is 2.58. The minimum atomic E-state index is -0.263. The summed E-state index contributed by atoms with van der Waals surface area (Å²) < 4.78 is 5.83. The molecule has 1 aromatic carbocycles. The molecule has 5 nitrogen and oxygen atoms in total. The summed E-state index contributed by atoms with van der Waals surface area (Å²) in [6.45, 7) is 2.54. The number of fused-ring (bicyclic) bond motifs is 2. The molecule has 130 valence electrons. The Hall–Kier alpha value is -1.30. The second-order valence-electron chi connectivity index (χ2n) is 7.12. The number of nitrogens with one attached hydrogen (secondary N) is 3. The second-order valence-corrected chi connectivity index (χ2v) is 7.53. The minimum Gasteiger partial charge on any atom is -0.375 e. The molecule has 3 aliphatic rings. The van der Waals surface area contributed by atoms with Gasteiger partial charge in [0.15, 0.2) is 0 Å². The molecule has 24 heavy (non-hydrogen) atoms. The number of urea groups is 1. The number of benzene rings is 1. The number of hydrogen-bond acceptors (Lipinski definition) is 3. The predicted molar refractivity (Wildman–Crippen MR) is 94.7 cm³/mol. The monoisotopic (exact) mass is 349 g/mol. The number of morpholine rings is 1. The van der Waals surface area contributed by atoms with E-state index in [0.717, 1.165) is 63.1 Å². The number of anilines is 1. The van der Waals surface area contributed by atoms with Crippen LogP contribution in [0.4, 0.5) is 10.5 Å². The Balaban J connectivity index is 1.68. The Morgan fingerprint density at radius 1 is 1.25 bits per heavy atom. The molecule has 1 saturated heterocycles. The number of hydrogen-bond donors (Lipinski definition) is 3. The zero-order valence-corrected chi connectivity index (χ0v) is 14.5. The first-order valence-corrected chi connectivity index (χ1v) is 9.28. The van der Waals surface area contributed by atoms with Gasteiger partial charge in [0.1, 0.15) is 0 Å². The number of carbonyl (C=O) groups excluding carboxylic acids is 1. The standard InChI is InChI=1S/C18H24ClN3O2/c19-15-10-12(8-13-11-20-6-7-24-13)9-14-16(15)21-17(23)22-18(14)4-2-1-3-5-18/h9-10,13,20H,1-8,11H2,(H2,21,22,23). The van der Waals surface area contributed by atoms with Gasteiger partial charge in [-0.1, -0.05) is 36.9 Å². The summed E-state index contributed by atoms with van der Waals surface area (Å²) in [5.41, 5.74) is 2.85. The van der Waals surface area contributed by atoms with Crippen molar-refractivity contribution in [2.75, 3.05) is 25.0 Å². The van der Waals surface area contributed by atoms with Crippen molar-refractivity contribution >= 4 is 23.3 Å². The Morgan fingerprint density at radius 3 is 2.83 bits per heavy atom. The first-order chi connectivity index (χ1) is 11.7. The van der Waals surface area contributed by atoms with Crippen LogP contribution in [-0.4, -0.2) is 31.8 Å². The van der Waals surface area contributed by atoms with Gasteiger partial charge in [-0.2, -0.15) is 0 Å². The highest BCUT2D eigenvalue weighted by Crippen LogP contribution is 2.45. The van der Waals surface area contributed by atoms with Crippen LogP contribution in [0.25, 0.3) is 0 Å². The van der Waals surface area contributed by atoms with Crippen molar-refractivity contribution in [2.24, 2.45) is 0 Å². The van der Waals surface area contributed by atoms with Crippen LogP contribution in [0.15, 0.2) is 12.1 Å². The second kappa shape index (κ2) is 6.54. The van der Waals surface area contributed by atoms with Gasteiger partial charge in [0.05, 0.1) is 29.0 Å². The van der Waals surface area contributed by atoms with Gasteiger partial charge in [-0.05, 0) is 30.9 Å². The molecule has 0 radical (unpaired) electrons. The zero-order chi connectivity index (χ0) is 16.6. The summed E-state index contributed by atoms with van der Waals surface area (Å²) in [5, 5.41) is 10.1. The minimum absolute atomic E-state index is 0.140. The summed E-state index contributed by atoms with van der Waals surface area (Å²) >= 11 is 6.53. The molecule has 4 rings (SSSR count). The molecular formula is C18H24ClN3O2. The van der Waals surface area contributed by atoms with Gasteiger partial charge in [-0.3, -0.25) is 0 Å². The summed E-state index contributed by atoms with van der Waals surface area (Å²) in [4.78, 5) is 12.1. The van der Waals surface area contributed by atoms with Crippen LogP contribution in [0.5, 0.6) is 0 Å². The van der Waals surface area contributed by atoms with E-state index in [1.54, 1.807) is 0 Å². The van der Waals surface area contributed by atoms with Crippen LogP contribution >= 0.6 is 11.6 Å². The third kappa shape index (κ3) is 3.01. The van der Waals surface area contributed by atoms with Crippen molar-refractivity contribution in [1.82, 2.24) is 10.6 Å². The van der Waals surface area contributed by atoms with Gasteiger partial charge >= 0.3 is 6.03 Å². The van der Waals surface area contributed by atoms with Crippen molar-refractivity contribution in [3.8, 4) is 0 Å². The Morgan fingerprint density at radius 2 is 2.08 bits per heavy atom. The molecule has 3 N–H and O–H groups in total. The van der Waals surface area contributed by atoms with Crippen LogP contribution in [0.1, 0.15) is 43.2 Å². The molecule has 1 aromatic rings. The van der Waals surface area contributed by atoms with E-state index in [0.29, 0.717) is 5.02 Å². The molecule has 1 aliphatic carbocycles. The van der Waals surface area contributed by atoms with Crippen LogP contribution in [0, 0.1) is 0 Å². The van der Waals surface area contributed by atoms with E-state index in [-0.39, 0.29) is 17.7 Å². The van der Waals surface area contributed by atoms with E-state index < -0.39 is 0 Å². The van der Waals surface area contributed by atoms with Crippen LogP contribution in [0.2, 0.25) is 5.02 Å². The Bertz CT molecular complexity index is 637. The van der Waals surface area contributed by atoms with Crippen molar-refractivity contribution in [3.63, 3.8) is 0 Å². The Kier molecular flexibility index (Phi) is 4.41. The molecule has 1 unspecified atom stereocenters. The van der Waals surface area contributed by atoms with E-state index in [4.69, 9.17) is 16.3 Å². The van der Waals surface area contributed by atoms with E-state index in [9.17, 15) is 4.79 Å². The molecule has 2 aliphatic heterocycles. The molecule has 2 amide bonds. The zero-order valence-electron chi connectivity index (χ0n) is 13.8. The van der Waals surface area contributed by atoms with E-state index in [1.807, 2.05) is 6.07 Å². The van der Waals surface area contributed by atoms with E-state index in [1.165, 1.54) is 12.0 Å². The fraction of sp³-hybridized carbons (Fsp3) is 0.611. The Labute approximate surface area is 147 Å². The number of halogens is 1. The van der Waals surface area contributed by atoms with E-state index in [2.05, 4.69) is 22.0 Å². The predicted octanol–water partition coefficient (Wildman–Crippen LogP) is 3.17. The van der Waals surface area contributed by atoms with Crippen molar-refractivity contribution < 1.29 is 9.53 Å². The first kappa shape index (κ1) is 16.2. The number of amides is 2. The highest BCUT2D eigenvalue weighted by molar-refractivity contribution is 6.34. The number of rotatable bonds is 2. The maximum Gasteiger partial charge on any atom is 0.319 e. The topological polar surface area (TPSA) is 62.4 Å². The summed E-state index contributed by atoms with van der Waals surface area (Å²) in [7, 11) is 0.